The van der Waals surface area contributed by atoms with Gasteiger partial charge in [0.15, 0.2) is 9.84 Å². The lowest BCUT2D eigenvalue weighted by atomic mass is 9.92. The summed E-state index contributed by atoms with van der Waals surface area (Å²) >= 11 is 1.58. The Morgan fingerprint density at radius 3 is 2.58 bits per heavy atom. The first-order valence-corrected chi connectivity index (χ1v) is 11.4. The first kappa shape index (κ1) is 19.0. The molecule has 1 fully saturated rings. The Morgan fingerprint density at radius 1 is 1.31 bits per heavy atom. The number of sulfone groups is 1. The van der Waals surface area contributed by atoms with Crippen LogP contribution in [-0.4, -0.2) is 43.3 Å². The highest BCUT2D eigenvalue weighted by Gasteiger charge is 2.36. The van der Waals surface area contributed by atoms with Gasteiger partial charge in [-0.1, -0.05) is 18.2 Å². The zero-order valence-corrected chi connectivity index (χ0v) is 16.2. The summed E-state index contributed by atoms with van der Waals surface area (Å²) in [6.45, 7) is 2.33. The molecule has 3 rings (SSSR count). The van der Waals surface area contributed by atoms with Gasteiger partial charge in [-0.15, -0.1) is 11.3 Å². The predicted octanol–water partition coefficient (Wildman–Crippen LogP) is 3.25. The Bertz CT molecular complexity index is 847. The van der Waals surface area contributed by atoms with Crippen LogP contribution in [0.4, 0.5) is 4.39 Å². The number of hydrogen-bond acceptors (Lipinski definition) is 4. The molecule has 0 spiro atoms. The molecule has 1 aromatic carbocycles. The van der Waals surface area contributed by atoms with Gasteiger partial charge in [-0.3, -0.25) is 4.79 Å². The van der Waals surface area contributed by atoms with E-state index >= 15 is 0 Å². The van der Waals surface area contributed by atoms with Crippen molar-refractivity contribution in [2.75, 3.05) is 18.1 Å². The summed E-state index contributed by atoms with van der Waals surface area (Å²) < 4.78 is 37.0. The van der Waals surface area contributed by atoms with Crippen molar-refractivity contribution in [3.05, 3.63) is 58.0 Å². The molecule has 0 N–H and O–H groups in total. The number of carbonyl (C=O) groups excluding carboxylic acids is 1. The molecule has 1 aliphatic rings. The van der Waals surface area contributed by atoms with E-state index in [-0.39, 0.29) is 29.3 Å². The van der Waals surface area contributed by atoms with Gasteiger partial charge in [0.1, 0.15) is 5.82 Å². The van der Waals surface area contributed by atoms with E-state index in [1.54, 1.807) is 28.4 Å². The molecule has 140 valence electrons. The Balaban J connectivity index is 1.89. The molecule has 1 aliphatic heterocycles. The largest absolute Gasteiger partial charge is 0.338 e. The van der Waals surface area contributed by atoms with E-state index in [4.69, 9.17) is 0 Å². The van der Waals surface area contributed by atoms with Gasteiger partial charge < -0.3 is 4.90 Å². The normalized spacial score (nSPS) is 20.0. The number of hydrogen-bond donors (Lipinski definition) is 0. The lowest BCUT2D eigenvalue weighted by molar-refractivity contribution is -0.134. The number of likely N-dealkylation sites (N-methyl/N-ethyl adjacent to an activating group) is 1. The zero-order chi connectivity index (χ0) is 18.7. The van der Waals surface area contributed by atoms with E-state index in [1.165, 1.54) is 12.1 Å². The van der Waals surface area contributed by atoms with Crippen molar-refractivity contribution in [1.29, 1.82) is 0 Å². The molecule has 2 aromatic rings. The van der Waals surface area contributed by atoms with Gasteiger partial charge in [-0.2, -0.15) is 0 Å². The number of amides is 1. The van der Waals surface area contributed by atoms with Crippen LogP contribution in [0.25, 0.3) is 0 Å². The molecule has 1 aromatic heterocycles. The van der Waals surface area contributed by atoms with Crippen LogP contribution in [0.5, 0.6) is 0 Å². The minimum atomic E-state index is -3.07. The molecule has 2 atom stereocenters. The fourth-order valence-corrected chi connectivity index (χ4v) is 5.97. The van der Waals surface area contributed by atoms with Gasteiger partial charge in [0.25, 0.3) is 0 Å². The van der Waals surface area contributed by atoms with Crippen LogP contribution in [0.3, 0.4) is 0 Å². The van der Waals surface area contributed by atoms with Gasteiger partial charge in [0.05, 0.1) is 17.4 Å². The van der Waals surface area contributed by atoms with E-state index in [1.807, 2.05) is 24.4 Å². The van der Waals surface area contributed by atoms with Gasteiger partial charge in [-0.25, -0.2) is 12.8 Å². The maximum absolute atomic E-state index is 13.3. The highest BCUT2D eigenvalue weighted by Crippen LogP contribution is 2.28. The minimum absolute atomic E-state index is 0.0295. The van der Waals surface area contributed by atoms with Crippen LogP contribution in [0.2, 0.25) is 0 Å². The number of rotatable bonds is 6. The standard InChI is InChI=1S/C19H22FNO3S2/c1-2-21(16-9-11-26(23,24)13-16)19(22)18(12-17-4-3-10-25-17)14-5-7-15(20)8-6-14/h3-8,10,16,18H,2,9,11-13H2,1H3. The zero-order valence-electron chi connectivity index (χ0n) is 14.6. The maximum Gasteiger partial charge on any atom is 0.230 e. The van der Waals surface area contributed by atoms with Gasteiger partial charge in [-0.05, 0) is 48.9 Å². The maximum atomic E-state index is 13.3. The summed E-state index contributed by atoms with van der Waals surface area (Å²) in [7, 11) is -3.07. The second-order valence-electron chi connectivity index (χ2n) is 6.57. The SMILES string of the molecule is CCN(C(=O)C(Cc1cccs1)c1ccc(F)cc1)C1CCS(=O)(=O)C1. The first-order chi connectivity index (χ1) is 12.4. The van der Waals surface area contributed by atoms with Gasteiger partial charge in [0.2, 0.25) is 5.91 Å². The third-order valence-corrected chi connectivity index (χ3v) is 7.48. The number of benzene rings is 1. The smallest absolute Gasteiger partial charge is 0.230 e. The Kier molecular flexibility index (Phi) is 5.77. The fourth-order valence-electron chi connectivity index (χ4n) is 3.49. The summed E-state index contributed by atoms with van der Waals surface area (Å²) in [6.07, 6.45) is 1.01. The molecule has 1 amide bonds. The Labute approximate surface area is 157 Å². The first-order valence-electron chi connectivity index (χ1n) is 8.68. The molecule has 26 heavy (non-hydrogen) atoms. The van der Waals surface area contributed by atoms with Crippen molar-refractivity contribution >= 4 is 27.1 Å². The molecule has 7 heteroatoms. The van der Waals surface area contributed by atoms with E-state index < -0.39 is 15.8 Å². The van der Waals surface area contributed by atoms with E-state index in [2.05, 4.69) is 0 Å². The predicted molar refractivity (Wildman–Crippen MR) is 102 cm³/mol. The molecule has 0 bridgehead atoms. The highest BCUT2D eigenvalue weighted by atomic mass is 32.2. The van der Waals surface area contributed by atoms with Crippen molar-refractivity contribution in [1.82, 2.24) is 4.90 Å². The van der Waals surface area contributed by atoms with E-state index in [9.17, 15) is 17.6 Å². The molecule has 2 heterocycles. The van der Waals surface area contributed by atoms with Gasteiger partial charge in [0, 0.05) is 17.5 Å². The Morgan fingerprint density at radius 2 is 2.04 bits per heavy atom. The van der Waals surface area contributed by atoms with Crippen LogP contribution in [-0.2, 0) is 21.1 Å². The molecule has 0 aliphatic carbocycles. The summed E-state index contributed by atoms with van der Waals surface area (Å²) in [5, 5.41) is 1.96. The van der Waals surface area contributed by atoms with Crippen molar-refractivity contribution in [2.45, 2.75) is 31.7 Å². The van der Waals surface area contributed by atoms with Crippen molar-refractivity contribution in [3.63, 3.8) is 0 Å². The lowest BCUT2D eigenvalue weighted by Crippen LogP contribution is -2.43. The van der Waals surface area contributed by atoms with Crippen LogP contribution >= 0.6 is 11.3 Å². The quantitative estimate of drug-likeness (QED) is 0.754. The molecular formula is C19H22FNO3S2. The van der Waals surface area contributed by atoms with Crippen molar-refractivity contribution in [2.24, 2.45) is 0 Å². The van der Waals surface area contributed by atoms with Crippen LogP contribution in [0, 0.1) is 5.82 Å². The molecule has 4 nitrogen and oxygen atoms in total. The fraction of sp³-hybridized carbons (Fsp3) is 0.421. The lowest BCUT2D eigenvalue weighted by Gasteiger charge is -2.31. The third kappa shape index (κ3) is 4.32. The number of thiophene rings is 1. The number of carbonyl (C=O) groups is 1. The van der Waals surface area contributed by atoms with Crippen LogP contribution in [0.1, 0.15) is 29.7 Å². The average molecular weight is 396 g/mol. The third-order valence-electron chi connectivity index (χ3n) is 4.83. The summed E-state index contributed by atoms with van der Waals surface area (Å²) in [6, 6.07) is 9.65. The number of nitrogens with zero attached hydrogens (tertiary/aromatic N) is 1. The second kappa shape index (κ2) is 7.88. The summed E-state index contributed by atoms with van der Waals surface area (Å²) in [5.74, 6) is -0.715. The van der Waals surface area contributed by atoms with Gasteiger partial charge >= 0.3 is 0 Å². The second-order valence-corrected chi connectivity index (χ2v) is 9.83. The molecule has 0 radical (unpaired) electrons. The summed E-state index contributed by atoms with van der Waals surface area (Å²) in [5.41, 5.74) is 0.754. The van der Waals surface area contributed by atoms with Crippen molar-refractivity contribution in [3.8, 4) is 0 Å². The molecule has 0 saturated carbocycles. The molecular weight excluding hydrogens is 373 g/mol. The van der Waals surface area contributed by atoms with E-state index in [0.717, 1.165) is 10.4 Å². The van der Waals surface area contributed by atoms with Crippen molar-refractivity contribution < 1.29 is 17.6 Å². The molecule has 2 unspecified atom stereocenters. The minimum Gasteiger partial charge on any atom is -0.338 e. The van der Waals surface area contributed by atoms with Crippen LogP contribution < -0.4 is 0 Å². The summed E-state index contributed by atoms with van der Waals surface area (Å²) in [4.78, 5) is 16.1. The highest BCUT2D eigenvalue weighted by molar-refractivity contribution is 7.91. The molecule has 1 saturated heterocycles. The van der Waals surface area contributed by atoms with E-state index in [0.29, 0.717) is 19.4 Å². The number of halogens is 1. The average Bonchev–Trinajstić information content (AvgIpc) is 3.24. The topological polar surface area (TPSA) is 54.5 Å². The van der Waals surface area contributed by atoms with Crippen LogP contribution in [0.15, 0.2) is 41.8 Å². The monoisotopic (exact) mass is 395 g/mol. The Hall–Kier alpha value is -1.73.